The van der Waals surface area contributed by atoms with Gasteiger partial charge in [-0.15, -0.1) is 11.3 Å². The van der Waals surface area contributed by atoms with Crippen molar-refractivity contribution in [2.45, 2.75) is 0 Å². The fourth-order valence-corrected chi connectivity index (χ4v) is 3.99. The summed E-state index contributed by atoms with van der Waals surface area (Å²) >= 11 is 7.90. The van der Waals surface area contributed by atoms with Crippen LogP contribution >= 0.6 is 22.9 Å². The number of nitrogens with zero attached hydrogens (tertiary/aromatic N) is 5. The van der Waals surface area contributed by atoms with Gasteiger partial charge in [0.25, 0.3) is 0 Å². The third-order valence-corrected chi connectivity index (χ3v) is 5.45. The second kappa shape index (κ2) is 6.53. The molecule has 0 atom stereocenters. The monoisotopic (exact) mass is 391 g/mol. The average Bonchev–Trinajstić information content (AvgIpc) is 3.35. The molecule has 0 aromatic carbocycles. The highest BCUT2D eigenvalue weighted by Crippen LogP contribution is 2.39. The molecule has 0 saturated heterocycles. The van der Waals surface area contributed by atoms with Crippen LogP contribution in [0.3, 0.4) is 0 Å². The second-order valence-corrected chi connectivity index (χ2v) is 7.01. The summed E-state index contributed by atoms with van der Waals surface area (Å²) in [5, 5.41) is 2.08. The van der Waals surface area contributed by atoms with Crippen LogP contribution in [0.1, 0.15) is 0 Å². The molecule has 6 nitrogen and oxygen atoms in total. The van der Waals surface area contributed by atoms with E-state index in [1.807, 2.05) is 24.3 Å². The molecule has 5 aromatic heterocycles. The van der Waals surface area contributed by atoms with Gasteiger partial charge in [-0.2, -0.15) is 0 Å². The summed E-state index contributed by atoms with van der Waals surface area (Å²) in [5.74, 6) is 0.493. The van der Waals surface area contributed by atoms with Gasteiger partial charge >= 0.3 is 0 Å². The lowest BCUT2D eigenvalue weighted by Gasteiger charge is -2.04. The topological polar surface area (TPSA) is 77.6 Å². The fourth-order valence-electron chi connectivity index (χ4n) is 2.74. The molecule has 0 spiro atoms. The number of aromatic nitrogens is 5. The van der Waals surface area contributed by atoms with E-state index < -0.39 is 0 Å². The number of fused-ring (bicyclic) bond motifs is 1. The second-order valence-electron chi connectivity index (χ2n) is 5.65. The van der Waals surface area contributed by atoms with Crippen LogP contribution in [0, 0.1) is 0 Å². The van der Waals surface area contributed by atoms with Gasteiger partial charge in [0.15, 0.2) is 17.1 Å². The first kappa shape index (κ1) is 16.0. The van der Waals surface area contributed by atoms with E-state index in [1.165, 1.54) is 11.3 Å². The lowest BCUT2D eigenvalue weighted by Crippen LogP contribution is -1.93. The molecule has 0 aliphatic rings. The van der Waals surface area contributed by atoms with Gasteiger partial charge in [0, 0.05) is 35.7 Å². The molecule has 5 aromatic rings. The molecule has 5 heterocycles. The summed E-state index contributed by atoms with van der Waals surface area (Å²) < 4.78 is 5.60. The van der Waals surface area contributed by atoms with E-state index in [0.29, 0.717) is 27.9 Å². The molecule has 0 aliphatic heterocycles. The number of hydrogen-bond acceptors (Lipinski definition) is 7. The van der Waals surface area contributed by atoms with E-state index in [-0.39, 0.29) is 0 Å². The minimum absolute atomic E-state index is 0.397. The molecule has 0 unspecified atom stereocenters. The highest BCUT2D eigenvalue weighted by Gasteiger charge is 2.19. The fraction of sp³-hybridized carbons (Fsp3) is 0. The molecule has 130 valence electrons. The van der Waals surface area contributed by atoms with Crippen molar-refractivity contribution in [1.29, 1.82) is 0 Å². The van der Waals surface area contributed by atoms with Crippen LogP contribution in [0.25, 0.3) is 43.6 Å². The molecule has 0 aliphatic carbocycles. The zero-order valence-corrected chi connectivity index (χ0v) is 15.3. The Morgan fingerprint density at radius 3 is 2.70 bits per heavy atom. The molecular weight excluding hydrogens is 382 g/mol. The van der Waals surface area contributed by atoms with Crippen molar-refractivity contribution in [1.82, 2.24) is 24.9 Å². The van der Waals surface area contributed by atoms with Crippen LogP contribution in [0.15, 0.2) is 65.8 Å². The number of hydrogen-bond donors (Lipinski definition) is 0. The Morgan fingerprint density at radius 1 is 1.00 bits per heavy atom. The van der Waals surface area contributed by atoms with Crippen molar-refractivity contribution >= 4 is 33.9 Å². The number of halogens is 1. The van der Waals surface area contributed by atoms with Crippen LogP contribution in [-0.4, -0.2) is 24.9 Å². The van der Waals surface area contributed by atoms with E-state index in [4.69, 9.17) is 21.0 Å². The Bertz CT molecular complexity index is 1240. The third-order valence-electron chi connectivity index (χ3n) is 3.94. The van der Waals surface area contributed by atoms with Gasteiger partial charge in [-0.3, -0.25) is 4.98 Å². The van der Waals surface area contributed by atoms with Crippen LogP contribution < -0.4 is 0 Å². The van der Waals surface area contributed by atoms with Gasteiger partial charge < -0.3 is 4.42 Å². The lowest BCUT2D eigenvalue weighted by atomic mass is 10.2. The summed E-state index contributed by atoms with van der Waals surface area (Å²) in [7, 11) is 0. The van der Waals surface area contributed by atoms with Gasteiger partial charge in [0.05, 0.1) is 16.8 Å². The van der Waals surface area contributed by atoms with Crippen LogP contribution in [-0.2, 0) is 0 Å². The van der Waals surface area contributed by atoms with Gasteiger partial charge in [-0.05, 0) is 30.3 Å². The lowest BCUT2D eigenvalue weighted by molar-refractivity contribution is 0.615. The normalized spacial score (nSPS) is 11.1. The highest BCUT2D eigenvalue weighted by atomic mass is 35.5. The molecule has 0 amide bonds. The molecule has 0 fully saturated rings. The van der Waals surface area contributed by atoms with E-state index >= 15 is 0 Å². The quantitative estimate of drug-likeness (QED) is 0.424. The summed E-state index contributed by atoms with van der Waals surface area (Å²) in [6, 6.07) is 9.38. The van der Waals surface area contributed by atoms with Gasteiger partial charge in [0.2, 0.25) is 0 Å². The SMILES string of the molecule is Clc1nc(-c2cccnc2)sc1-c1cc2ccoc2c(-c2ncccn2)n1. The molecule has 27 heavy (non-hydrogen) atoms. The van der Waals surface area contributed by atoms with E-state index in [2.05, 4.69) is 19.9 Å². The largest absolute Gasteiger partial charge is 0.462 e. The number of pyridine rings is 2. The maximum atomic E-state index is 6.44. The van der Waals surface area contributed by atoms with Crippen LogP contribution in [0.2, 0.25) is 5.15 Å². The Kier molecular flexibility index (Phi) is 3.88. The maximum Gasteiger partial charge on any atom is 0.182 e. The van der Waals surface area contributed by atoms with Crippen molar-refractivity contribution in [3.05, 3.63) is 66.5 Å². The summed E-state index contributed by atoms with van der Waals surface area (Å²) in [4.78, 5) is 22.7. The number of thiazole rings is 1. The number of furan rings is 1. The molecule has 5 rings (SSSR count). The van der Waals surface area contributed by atoms with Crippen molar-refractivity contribution in [3.63, 3.8) is 0 Å². The summed E-state index contributed by atoms with van der Waals surface area (Å²) in [6.45, 7) is 0. The summed E-state index contributed by atoms with van der Waals surface area (Å²) in [5.41, 5.74) is 2.81. The van der Waals surface area contributed by atoms with E-state index in [1.54, 1.807) is 37.1 Å². The first-order chi connectivity index (χ1) is 13.3. The Balaban J connectivity index is 1.69. The van der Waals surface area contributed by atoms with Gasteiger partial charge in [-0.25, -0.2) is 19.9 Å². The van der Waals surface area contributed by atoms with Crippen molar-refractivity contribution < 1.29 is 4.42 Å². The first-order valence-corrected chi connectivity index (χ1v) is 9.22. The molecule has 0 saturated carbocycles. The van der Waals surface area contributed by atoms with Crippen molar-refractivity contribution in [3.8, 4) is 32.7 Å². The van der Waals surface area contributed by atoms with E-state index in [9.17, 15) is 0 Å². The smallest absolute Gasteiger partial charge is 0.182 e. The van der Waals surface area contributed by atoms with Gasteiger partial charge in [-0.1, -0.05) is 11.6 Å². The Morgan fingerprint density at radius 2 is 1.89 bits per heavy atom. The van der Waals surface area contributed by atoms with Gasteiger partial charge in [0.1, 0.15) is 10.2 Å². The third kappa shape index (κ3) is 2.87. The Hall–Kier alpha value is -3.16. The van der Waals surface area contributed by atoms with Crippen molar-refractivity contribution in [2.24, 2.45) is 0 Å². The maximum absolute atomic E-state index is 6.44. The molecule has 0 bridgehead atoms. The van der Waals surface area contributed by atoms with E-state index in [0.717, 1.165) is 20.8 Å². The molecular formula is C19H10ClN5OS. The van der Waals surface area contributed by atoms with Crippen LogP contribution in [0.5, 0.6) is 0 Å². The zero-order valence-electron chi connectivity index (χ0n) is 13.7. The first-order valence-electron chi connectivity index (χ1n) is 8.02. The van der Waals surface area contributed by atoms with Crippen molar-refractivity contribution in [2.75, 3.05) is 0 Å². The zero-order chi connectivity index (χ0) is 18.2. The number of rotatable bonds is 3. The molecule has 0 radical (unpaired) electrons. The standard InChI is InChI=1S/C19H10ClN5OS/c20-17-16(27-19(25-17)12-3-1-5-21-10-12)13-9-11-4-8-26-15(11)14(24-13)18-22-6-2-7-23-18/h1-10H. The minimum Gasteiger partial charge on any atom is -0.462 e. The molecule has 0 N–H and O–H groups in total. The predicted octanol–water partition coefficient (Wildman–Crippen LogP) is 5.12. The predicted molar refractivity (Wildman–Crippen MR) is 104 cm³/mol. The highest BCUT2D eigenvalue weighted by molar-refractivity contribution is 7.19. The Labute approximate surface area is 162 Å². The van der Waals surface area contributed by atoms with Crippen LogP contribution in [0.4, 0.5) is 0 Å². The molecule has 8 heteroatoms. The summed E-state index contributed by atoms with van der Waals surface area (Å²) in [6.07, 6.45) is 8.45. The average molecular weight is 392 g/mol. The minimum atomic E-state index is 0.397.